The number of rotatable bonds is 2. The number of hydrogen-bond donors (Lipinski definition) is 0. The summed E-state index contributed by atoms with van der Waals surface area (Å²) in [5, 5.41) is 0. The van der Waals surface area contributed by atoms with E-state index in [1.165, 1.54) is 13.3 Å². The summed E-state index contributed by atoms with van der Waals surface area (Å²) < 4.78 is 16.4. The van der Waals surface area contributed by atoms with Crippen molar-refractivity contribution in [2.24, 2.45) is 5.92 Å². The molecule has 1 aliphatic heterocycles. The minimum atomic E-state index is -0.381. The highest BCUT2D eigenvalue weighted by Gasteiger charge is 2.45. The van der Waals surface area contributed by atoms with Crippen LogP contribution < -0.4 is 0 Å². The quantitative estimate of drug-likeness (QED) is 0.556. The van der Waals surface area contributed by atoms with E-state index in [2.05, 4.69) is 11.8 Å². The molecule has 4 heteroatoms. The zero-order chi connectivity index (χ0) is 12.8. The van der Waals surface area contributed by atoms with Crippen LogP contribution in [0.15, 0.2) is 0 Å². The Morgan fingerprint density at radius 3 is 2.83 bits per heavy atom. The SMILES string of the molecule is CC(=O)OCC#CCC1CCCCC12OCCO2. The van der Waals surface area contributed by atoms with E-state index < -0.39 is 0 Å². The van der Waals surface area contributed by atoms with Gasteiger partial charge in [-0.15, -0.1) is 0 Å². The summed E-state index contributed by atoms with van der Waals surface area (Å²) in [6, 6.07) is 0. The summed E-state index contributed by atoms with van der Waals surface area (Å²) in [5.41, 5.74) is 0. The summed E-state index contributed by atoms with van der Waals surface area (Å²) in [7, 11) is 0. The average Bonchev–Trinajstić information content (AvgIpc) is 2.80. The largest absolute Gasteiger partial charge is 0.453 e. The summed E-state index contributed by atoms with van der Waals surface area (Å²) in [6.07, 6.45) is 5.20. The average molecular weight is 252 g/mol. The lowest BCUT2D eigenvalue weighted by atomic mass is 9.81. The van der Waals surface area contributed by atoms with Crippen molar-refractivity contribution in [1.29, 1.82) is 0 Å². The van der Waals surface area contributed by atoms with Gasteiger partial charge in [0.1, 0.15) is 0 Å². The molecular weight excluding hydrogens is 232 g/mol. The number of esters is 1. The highest BCUT2D eigenvalue weighted by Crippen LogP contribution is 2.41. The second-order valence-electron chi connectivity index (χ2n) is 4.79. The number of hydrogen-bond acceptors (Lipinski definition) is 4. The monoisotopic (exact) mass is 252 g/mol. The van der Waals surface area contributed by atoms with Gasteiger partial charge in [0.25, 0.3) is 0 Å². The molecule has 2 aliphatic rings. The molecule has 0 aromatic rings. The molecule has 18 heavy (non-hydrogen) atoms. The molecule has 0 aromatic heterocycles. The van der Waals surface area contributed by atoms with E-state index in [1.54, 1.807) is 0 Å². The fraction of sp³-hybridized carbons (Fsp3) is 0.786. The zero-order valence-corrected chi connectivity index (χ0v) is 10.9. The molecule has 0 aromatic carbocycles. The van der Waals surface area contributed by atoms with Crippen LogP contribution in [0.4, 0.5) is 0 Å². The molecule has 1 spiro atoms. The third-order valence-electron chi connectivity index (χ3n) is 3.55. The first-order chi connectivity index (χ1) is 8.73. The number of carbonyl (C=O) groups excluding carboxylic acids is 1. The molecule has 1 heterocycles. The third-order valence-corrected chi connectivity index (χ3v) is 3.55. The van der Waals surface area contributed by atoms with Crippen LogP contribution in [0.1, 0.15) is 39.0 Å². The molecule has 2 rings (SSSR count). The first kappa shape index (κ1) is 13.4. The fourth-order valence-corrected chi connectivity index (χ4v) is 2.68. The molecular formula is C14H20O4. The maximum absolute atomic E-state index is 10.6. The lowest BCUT2D eigenvalue weighted by molar-refractivity contribution is -0.211. The van der Waals surface area contributed by atoms with Crippen molar-refractivity contribution in [2.75, 3.05) is 19.8 Å². The van der Waals surface area contributed by atoms with Gasteiger partial charge in [0.05, 0.1) is 13.2 Å². The second-order valence-corrected chi connectivity index (χ2v) is 4.79. The molecule has 2 fully saturated rings. The molecule has 100 valence electrons. The molecule has 1 saturated carbocycles. The minimum Gasteiger partial charge on any atom is -0.453 e. The van der Waals surface area contributed by atoms with Crippen molar-refractivity contribution in [3.05, 3.63) is 0 Å². The zero-order valence-electron chi connectivity index (χ0n) is 10.9. The normalized spacial score (nSPS) is 25.5. The van der Waals surface area contributed by atoms with E-state index in [1.807, 2.05) is 0 Å². The van der Waals surface area contributed by atoms with Gasteiger partial charge in [0.2, 0.25) is 0 Å². The fourth-order valence-electron chi connectivity index (χ4n) is 2.68. The van der Waals surface area contributed by atoms with Gasteiger partial charge in [-0.2, -0.15) is 0 Å². The van der Waals surface area contributed by atoms with Gasteiger partial charge in [-0.05, 0) is 12.8 Å². The Bertz CT molecular complexity index is 347. The van der Waals surface area contributed by atoms with Gasteiger partial charge in [-0.1, -0.05) is 18.3 Å². The van der Waals surface area contributed by atoms with Crippen molar-refractivity contribution < 1.29 is 19.0 Å². The van der Waals surface area contributed by atoms with Crippen molar-refractivity contribution >= 4 is 5.97 Å². The molecule has 1 atom stereocenters. The van der Waals surface area contributed by atoms with Crippen molar-refractivity contribution in [3.8, 4) is 11.8 Å². The van der Waals surface area contributed by atoms with Crippen LogP contribution >= 0.6 is 0 Å². The van der Waals surface area contributed by atoms with E-state index in [-0.39, 0.29) is 18.4 Å². The molecule has 1 aliphatic carbocycles. The van der Waals surface area contributed by atoms with Gasteiger partial charge >= 0.3 is 5.97 Å². The predicted octanol–water partition coefficient (Wildman–Crippen LogP) is 1.88. The number of carbonyl (C=O) groups is 1. The summed E-state index contributed by atoms with van der Waals surface area (Å²) in [6.45, 7) is 2.95. The van der Waals surface area contributed by atoms with Crippen LogP contribution in [-0.2, 0) is 19.0 Å². The Kier molecular flexibility index (Phi) is 4.62. The topological polar surface area (TPSA) is 44.8 Å². The van der Waals surface area contributed by atoms with Gasteiger partial charge in [0, 0.05) is 25.7 Å². The second kappa shape index (κ2) is 6.21. The maximum atomic E-state index is 10.6. The highest BCUT2D eigenvalue weighted by molar-refractivity contribution is 5.66. The molecule has 0 N–H and O–H groups in total. The van der Waals surface area contributed by atoms with E-state index in [0.29, 0.717) is 19.1 Å². The van der Waals surface area contributed by atoms with Crippen molar-refractivity contribution in [2.45, 2.75) is 44.8 Å². The Hall–Kier alpha value is -1.05. The van der Waals surface area contributed by atoms with E-state index in [0.717, 1.165) is 25.7 Å². The van der Waals surface area contributed by atoms with Crippen LogP contribution in [0, 0.1) is 17.8 Å². The van der Waals surface area contributed by atoms with Gasteiger partial charge < -0.3 is 14.2 Å². The van der Waals surface area contributed by atoms with Gasteiger partial charge in [-0.3, -0.25) is 4.79 Å². The predicted molar refractivity (Wildman–Crippen MR) is 65.6 cm³/mol. The smallest absolute Gasteiger partial charge is 0.303 e. The Labute approximate surface area is 108 Å². The van der Waals surface area contributed by atoms with Crippen LogP contribution in [-0.4, -0.2) is 31.6 Å². The van der Waals surface area contributed by atoms with E-state index in [9.17, 15) is 4.79 Å². The van der Waals surface area contributed by atoms with Gasteiger partial charge in [0.15, 0.2) is 12.4 Å². The highest BCUT2D eigenvalue weighted by atomic mass is 16.7. The van der Waals surface area contributed by atoms with E-state index in [4.69, 9.17) is 14.2 Å². The maximum Gasteiger partial charge on any atom is 0.303 e. The van der Waals surface area contributed by atoms with Gasteiger partial charge in [-0.25, -0.2) is 0 Å². The molecule has 1 saturated heterocycles. The Morgan fingerprint density at radius 2 is 2.11 bits per heavy atom. The summed E-state index contributed by atoms with van der Waals surface area (Å²) in [4.78, 5) is 10.6. The van der Waals surface area contributed by atoms with Crippen LogP contribution in [0.5, 0.6) is 0 Å². The Balaban J connectivity index is 1.84. The van der Waals surface area contributed by atoms with Crippen LogP contribution in [0.2, 0.25) is 0 Å². The lowest BCUT2D eigenvalue weighted by Crippen LogP contribution is -2.41. The lowest BCUT2D eigenvalue weighted by Gasteiger charge is -2.38. The van der Waals surface area contributed by atoms with Crippen LogP contribution in [0.3, 0.4) is 0 Å². The number of ether oxygens (including phenoxy) is 3. The molecule has 0 radical (unpaired) electrons. The third kappa shape index (κ3) is 3.24. The Morgan fingerprint density at radius 1 is 1.33 bits per heavy atom. The van der Waals surface area contributed by atoms with E-state index >= 15 is 0 Å². The first-order valence-electron chi connectivity index (χ1n) is 6.60. The molecule has 4 nitrogen and oxygen atoms in total. The standard InChI is InChI=1S/C14H20O4/c1-12(15)16-9-5-3-7-13-6-2-4-8-14(13)17-10-11-18-14/h13H,2,4,6-11H2,1H3. The van der Waals surface area contributed by atoms with Crippen LogP contribution in [0.25, 0.3) is 0 Å². The molecule has 0 amide bonds. The molecule has 1 unspecified atom stereocenters. The van der Waals surface area contributed by atoms with Crippen molar-refractivity contribution in [1.82, 2.24) is 0 Å². The van der Waals surface area contributed by atoms with Crippen molar-refractivity contribution in [3.63, 3.8) is 0 Å². The summed E-state index contributed by atoms with van der Waals surface area (Å²) in [5.74, 6) is 5.62. The first-order valence-corrected chi connectivity index (χ1v) is 6.60. The molecule has 0 bridgehead atoms. The summed E-state index contributed by atoms with van der Waals surface area (Å²) >= 11 is 0. The minimum absolute atomic E-state index is 0.177.